The highest BCUT2D eigenvalue weighted by Gasteiger charge is 2.15. The second-order valence-corrected chi connectivity index (χ2v) is 5.90. The molecule has 0 radical (unpaired) electrons. The van der Waals surface area contributed by atoms with E-state index in [1.54, 1.807) is 7.05 Å². The molecular weight excluding hydrogens is 332 g/mol. The first-order chi connectivity index (χ1) is 9.99. The molecule has 1 aromatic heterocycles. The number of fused-ring (bicyclic) bond motifs is 1. The molecule has 0 aliphatic carbocycles. The van der Waals surface area contributed by atoms with E-state index in [1.165, 1.54) is 4.57 Å². The van der Waals surface area contributed by atoms with Crippen molar-refractivity contribution in [2.45, 2.75) is 13.0 Å². The predicted octanol–water partition coefficient (Wildman–Crippen LogP) is 3.25. The summed E-state index contributed by atoms with van der Waals surface area (Å²) in [6.07, 6.45) is 0. The molecule has 1 heterocycles. The van der Waals surface area contributed by atoms with Gasteiger partial charge in [0.1, 0.15) is 0 Å². The third-order valence-electron chi connectivity index (χ3n) is 3.73. The van der Waals surface area contributed by atoms with Gasteiger partial charge in [-0.1, -0.05) is 40.2 Å². The Bertz CT molecular complexity index is 880. The van der Waals surface area contributed by atoms with Crippen LogP contribution in [-0.4, -0.2) is 4.57 Å². The molecular formula is C16H15BrN2O2. The van der Waals surface area contributed by atoms with E-state index in [1.807, 2.05) is 43.3 Å². The van der Waals surface area contributed by atoms with Gasteiger partial charge in [0, 0.05) is 11.5 Å². The molecule has 2 aromatic carbocycles. The molecule has 0 fully saturated rings. The maximum absolute atomic E-state index is 11.5. The molecule has 1 atom stereocenters. The zero-order valence-corrected chi connectivity index (χ0v) is 13.3. The van der Waals surface area contributed by atoms with Crippen LogP contribution >= 0.6 is 15.9 Å². The van der Waals surface area contributed by atoms with Crippen molar-refractivity contribution in [1.82, 2.24) is 4.57 Å². The number of nitrogens with two attached hydrogens (primary N) is 1. The number of hydrogen-bond donors (Lipinski definition) is 1. The van der Waals surface area contributed by atoms with Crippen LogP contribution in [0, 0.1) is 6.92 Å². The van der Waals surface area contributed by atoms with E-state index in [9.17, 15) is 4.79 Å². The van der Waals surface area contributed by atoms with Gasteiger partial charge in [-0.2, -0.15) is 0 Å². The summed E-state index contributed by atoms with van der Waals surface area (Å²) >= 11 is 3.59. The zero-order valence-electron chi connectivity index (χ0n) is 11.8. The summed E-state index contributed by atoms with van der Waals surface area (Å²) in [6.45, 7) is 2.03. The van der Waals surface area contributed by atoms with Crippen LogP contribution in [0.25, 0.3) is 11.1 Å². The third kappa shape index (κ3) is 2.32. The number of aryl methyl sites for hydroxylation is 2. The van der Waals surface area contributed by atoms with Gasteiger partial charge in [0.2, 0.25) is 0 Å². The van der Waals surface area contributed by atoms with Gasteiger partial charge in [-0.3, -0.25) is 4.57 Å². The Morgan fingerprint density at radius 3 is 2.81 bits per heavy atom. The van der Waals surface area contributed by atoms with Crippen molar-refractivity contribution in [2.24, 2.45) is 12.8 Å². The lowest BCUT2D eigenvalue weighted by Gasteiger charge is -2.15. The maximum Gasteiger partial charge on any atom is 0.419 e. The van der Waals surface area contributed by atoms with Crippen molar-refractivity contribution in [3.05, 3.63) is 68.1 Å². The smallest absolute Gasteiger partial charge is 0.408 e. The summed E-state index contributed by atoms with van der Waals surface area (Å²) in [5.41, 5.74) is 10.7. The first kappa shape index (κ1) is 14.1. The predicted molar refractivity (Wildman–Crippen MR) is 86.4 cm³/mol. The Morgan fingerprint density at radius 2 is 2.05 bits per heavy atom. The second kappa shape index (κ2) is 5.16. The molecule has 0 saturated carbocycles. The second-order valence-electron chi connectivity index (χ2n) is 5.11. The fourth-order valence-electron chi connectivity index (χ4n) is 2.43. The lowest BCUT2D eigenvalue weighted by Crippen LogP contribution is -2.12. The number of oxazole rings is 1. The summed E-state index contributed by atoms with van der Waals surface area (Å²) in [4.78, 5) is 11.5. The molecule has 21 heavy (non-hydrogen) atoms. The lowest BCUT2D eigenvalue weighted by atomic mass is 9.98. The van der Waals surface area contributed by atoms with Crippen LogP contribution < -0.4 is 11.5 Å². The molecule has 3 rings (SSSR count). The Labute approximate surface area is 130 Å². The monoisotopic (exact) mass is 346 g/mol. The van der Waals surface area contributed by atoms with Crippen LogP contribution in [0.4, 0.5) is 0 Å². The van der Waals surface area contributed by atoms with Crippen molar-refractivity contribution in [2.75, 3.05) is 0 Å². The highest BCUT2D eigenvalue weighted by Crippen LogP contribution is 2.30. The van der Waals surface area contributed by atoms with E-state index < -0.39 is 0 Å². The van der Waals surface area contributed by atoms with E-state index in [0.717, 1.165) is 26.7 Å². The number of benzene rings is 2. The molecule has 0 spiro atoms. The van der Waals surface area contributed by atoms with Gasteiger partial charge in [0.25, 0.3) is 0 Å². The van der Waals surface area contributed by atoms with Crippen LogP contribution in [-0.2, 0) is 7.05 Å². The van der Waals surface area contributed by atoms with Gasteiger partial charge in [-0.15, -0.1) is 0 Å². The number of halogens is 1. The van der Waals surface area contributed by atoms with E-state index in [2.05, 4.69) is 15.9 Å². The van der Waals surface area contributed by atoms with Gasteiger partial charge in [0.15, 0.2) is 5.58 Å². The van der Waals surface area contributed by atoms with Crippen molar-refractivity contribution in [3.63, 3.8) is 0 Å². The Morgan fingerprint density at radius 1 is 1.29 bits per heavy atom. The minimum atomic E-state index is -0.368. The van der Waals surface area contributed by atoms with Crippen LogP contribution in [0.3, 0.4) is 0 Å². The van der Waals surface area contributed by atoms with Crippen molar-refractivity contribution in [1.29, 1.82) is 0 Å². The summed E-state index contributed by atoms with van der Waals surface area (Å²) in [5, 5.41) is 0. The molecule has 0 saturated heterocycles. The van der Waals surface area contributed by atoms with Crippen molar-refractivity contribution in [3.8, 4) is 0 Å². The first-order valence-corrected chi connectivity index (χ1v) is 7.38. The Hall–Kier alpha value is -1.85. The van der Waals surface area contributed by atoms with Gasteiger partial charge < -0.3 is 10.2 Å². The number of hydrogen-bond acceptors (Lipinski definition) is 3. The molecule has 0 bridgehead atoms. The van der Waals surface area contributed by atoms with E-state index in [0.29, 0.717) is 5.58 Å². The minimum absolute atomic E-state index is 0.283. The molecule has 108 valence electrons. The standard InChI is InChI=1S/C16H15BrN2O2/c1-9-4-3-5-11(14(9)17)15(18)10-6-7-12-13(8-10)21-16(20)19(12)2/h3-8,15H,18H2,1-2H3. The lowest BCUT2D eigenvalue weighted by molar-refractivity contribution is 0.527. The van der Waals surface area contributed by atoms with Gasteiger partial charge >= 0.3 is 5.76 Å². The summed E-state index contributed by atoms with van der Waals surface area (Å²) in [5.74, 6) is -0.368. The normalized spacial score (nSPS) is 12.8. The molecule has 0 aliphatic heterocycles. The van der Waals surface area contributed by atoms with E-state index in [-0.39, 0.29) is 11.8 Å². The minimum Gasteiger partial charge on any atom is -0.408 e. The van der Waals surface area contributed by atoms with Gasteiger partial charge in [-0.25, -0.2) is 4.79 Å². The average Bonchev–Trinajstić information content (AvgIpc) is 2.76. The van der Waals surface area contributed by atoms with Crippen LogP contribution in [0.2, 0.25) is 0 Å². The zero-order chi connectivity index (χ0) is 15.1. The van der Waals surface area contributed by atoms with Crippen LogP contribution in [0.1, 0.15) is 22.7 Å². The van der Waals surface area contributed by atoms with Crippen LogP contribution in [0.15, 0.2) is 50.1 Å². The SMILES string of the molecule is Cc1cccc(C(N)c2ccc3c(c2)oc(=O)n3C)c1Br. The molecule has 2 N–H and O–H groups in total. The highest BCUT2D eigenvalue weighted by molar-refractivity contribution is 9.10. The number of aromatic nitrogens is 1. The first-order valence-electron chi connectivity index (χ1n) is 6.59. The van der Waals surface area contributed by atoms with Gasteiger partial charge in [-0.05, 0) is 35.7 Å². The highest BCUT2D eigenvalue weighted by atomic mass is 79.9. The largest absolute Gasteiger partial charge is 0.419 e. The topological polar surface area (TPSA) is 61.2 Å². The van der Waals surface area contributed by atoms with Gasteiger partial charge in [0.05, 0.1) is 11.6 Å². The molecule has 0 aliphatic rings. The molecule has 5 heteroatoms. The fraction of sp³-hybridized carbons (Fsp3) is 0.188. The van der Waals surface area contributed by atoms with Crippen LogP contribution in [0.5, 0.6) is 0 Å². The summed E-state index contributed by atoms with van der Waals surface area (Å²) in [6, 6.07) is 11.3. The van der Waals surface area contributed by atoms with Crippen molar-refractivity contribution < 1.29 is 4.42 Å². The average molecular weight is 347 g/mol. The quantitative estimate of drug-likeness (QED) is 0.774. The summed E-state index contributed by atoms with van der Waals surface area (Å²) in [7, 11) is 1.69. The maximum atomic E-state index is 11.5. The van der Waals surface area contributed by atoms with Crippen molar-refractivity contribution >= 4 is 27.0 Å². The fourth-order valence-corrected chi connectivity index (χ4v) is 2.94. The number of nitrogens with zero attached hydrogens (tertiary/aromatic N) is 1. The molecule has 4 nitrogen and oxygen atoms in total. The molecule has 0 amide bonds. The third-order valence-corrected chi connectivity index (χ3v) is 4.82. The Kier molecular flexibility index (Phi) is 3.47. The Balaban J connectivity index is 2.11. The summed E-state index contributed by atoms with van der Waals surface area (Å²) < 4.78 is 7.71. The molecule has 1 unspecified atom stereocenters. The van der Waals surface area contributed by atoms with E-state index >= 15 is 0 Å². The van der Waals surface area contributed by atoms with E-state index in [4.69, 9.17) is 10.2 Å². The molecule has 3 aromatic rings. The number of rotatable bonds is 2.